The molecule has 0 aromatic heterocycles. The maximum atomic E-state index is 6.99. The smallest absolute Gasteiger partial charge is 0.162 e. The molecule has 366 valence electrons. The fourth-order valence-electron chi connectivity index (χ4n) is 10.2. The first-order valence-corrected chi connectivity index (χ1v) is 25.9. The predicted molar refractivity (Wildman–Crippen MR) is 312 cm³/mol. The molecule has 0 heterocycles. The summed E-state index contributed by atoms with van der Waals surface area (Å²) in [4.78, 5) is 14.8. The number of nitrogens with two attached hydrogens (primary N) is 1. The molecule has 5 nitrogen and oxygen atoms in total. The Bertz CT molecular complexity index is 3130. The summed E-state index contributed by atoms with van der Waals surface area (Å²) in [5.74, 6) is 2.51. The number of hydrogen-bond acceptors (Lipinski definition) is 3. The van der Waals surface area contributed by atoms with Crippen LogP contribution in [0.25, 0.3) is 5.70 Å². The van der Waals surface area contributed by atoms with Crippen molar-refractivity contribution in [3.05, 3.63) is 268 Å². The molecule has 0 fully saturated rings. The number of allylic oxidation sites excluding steroid dienone is 2. The minimum Gasteiger partial charge on any atom is -0.383 e. The fourth-order valence-corrected chi connectivity index (χ4v) is 10.2. The lowest BCUT2D eigenvalue weighted by Gasteiger charge is -2.34. The van der Waals surface area contributed by atoms with Crippen LogP contribution in [0, 0.1) is 46.5 Å². The molecule has 9 rings (SSSR count). The van der Waals surface area contributed by atoms with Crippen LogP contribution in [0.15, 0.2) is 222 Å². The Morgan fingerprint density at radius 2 is 0.863 bits per heavy atom. The summed E-state index contributed by atoms with van der Waals surface area (Å²) in [6.07, 6.45) is 7.02. The van der Waals surface area contributed by atoms with Crippen molar-refractivity contribution in [3.63, 3.8) is 0 Å². The van der Waals surface area contributed by atoms with Gasteiger partial charge in [0, 0.05) is 45.3 Å². The van der Waals surface area contributed by atoms with Gasteiger partial charge in [0.25, 0.3) is 0 Å². The number of anilines is 6. The topological polar surface area (TPSA) is 57.2 Å². The van der Waals surface area contributed by atoms with Crippen molar-refractivity contribution in [2.75, 3.05) is 9.80 Å². The van der Waals surface area contributed by atoms with Gasteiger partial charge in [-0.1, -0.05) is 150 Å². The van der Waals surface area contributed by atoms with E-state index >= 15 is 0 Å². The summed E-state index contributed by atoms with van der Waals surface area (Å²) < 4.78 is 0. The van der Waals surface area contributed by atoms with Gasteiger partial charge in [0.05, 0.1) is 5.70 Å². The van der Waals surface area contributed by atoms with Crippen LogP contribution in [0.4, 0.5) is 34.1 Å². The molecular weight excluding hydrogens is 887 g/mol. The lowest BCUT2D eigenvalue weighted by molar-refractivity contribution is 0.295. The molecule has 73 heavy (non-hydrogen) atoms. The van der Waals surface area contributed by atoms with Crippen molar-refractivity contribution in [2.24, 2.45) is 27.6 Å². The zero-order valence-electron chi connectivity index (χ0n) is 43.7. The first-order valence-electron chi connectivity index (χ1n) is 25.9. The van der Waals surface area contributed by atoms with Gasteiger partial charge in [-0.2, -0.15) is 0 Å². The number of aryl methyl sites for hydroxylation is 6. The van der Waals surface area contributed by atoms with Gasteiger partial charge >= 0.3 is 0 Å². The van der Waals surface area contributed by atoms with E-state index in [0.29, 0.717) is 35.1 Å². The molecule has 1 aliphatic rings. The second kappa shape index (κ2) is 22.6. The third kappa shape index (κ3) is 12.2. The van der Waals surface area contributed by atoms with Gasteiger partial charge in [-0.05, 0) is 199 Å². The van der Waals surface area contributed by atoms with Crippen LogP contribution >= 0.6 is 0 Å². The molecular formula is C68H69N5. The molecule has 0 aliphatic heterocycles. The Morgan fingerprint density at radius 1 is 0.493 bits per heavy atom. The maximum Gasteiger partial charge on any atom is 0.162 e. The van der Waals surface area contributed by atoms with Crippen molar-refractivity contribution in [2.45, 2.75) is 80.1 Å². The van der Waals surface area contributed by atoms with E-state index in [1.807, 2.05) is 12.1 Å². The van der Waals surface area contributed by atoms with E-state index in [2.05, 4.69) is 253 Å². The Labute approximate surface area is 434 Å². The Morgan fingerprint density at radius 3 is 1.27 bits per heavy atom. The summed E-state index contributed by atoms with van der Waals surface area (Å²) >= 11 is 0. The first kappa shape index (κ1) is 49.9. The van der Waals surface area contributed by atoms with Gasteiger partial charge in [-0.3, -0.25) is 0 Å². The number of hydrogen-bond donors (Lipinski definition) is 1. The number of rotatable bonds is 15. The quantitative estimate of drug-likeness (QED) is 0.0633. The van der Waals surface area contributed by atoms with Crippen LogP contribution < -0.4 is 15.5 Å². The van der Waals surface area contributed by atoms with Crippen molar-refractivity contribution in [1.29, 1.82) is 0 Å². The fraction of sp³-hybridized carbons (Fsp3) is 0.206. The normalized spacial score (nSPS) is 15.4. The number of aliphatic imine (C=N–C) groups is 2. The van der Waals surface area contributed by atoms with Crippen molar-refractivity contribution >= 4 is 51.5 Å². The summed E-state index contributed by atoms with van der Waals surface area (Å²) in [5.41, 5.74) is 26.9. The van der Waals surface area contributed by atoms with Gasteiger partial charge < -0.3 is 15.5 Å². The molecule has 3 unspecified atom stereocenters. The summed E-state index contributed by atoms with van der Waals surface area (Å²) in [7, 11) is 0. The highest BCUT2D eigenvalue weighted by atomic mass is 15.1. The molecule has 0 bridgehead atoms. The lowest BCUT2D eigenvalue weighted by atomic mass is 9.70. The second-order valence-corrected chi connectivity index (χ2v) is 20.3. The van der Waals surface area contributed by atoms with E-state index < -0.39 is 0 Å². The molecule has 0 saturated heterocycles. The maximum absolute atomic E-state index is 6.99. The molecule has 8 aromatic rings. The number of nitrogens with zero attached hydrogens (tertiary/aromatic N) is 4. The van der Waals surface area contributed by atoms with E-state index in [9.17, 15) is 0 Å². The lowest BCUT2D eigenvalue weighted by Crippen LogP contribution is -2.23. The van der Waals surface area contributed by atoms with Crippen LogP contribution in [0.2, 0.25) is 0 Å². The largest absolute Gasteiger partial charge is 0.383 e. The van der Waals surface area contributed by atoms with E-state index in [0.717, 1.165) is 63.7 Å². The van der Waals surface area contributed by atoms with Crippen LogP contribution in [-0.4, -0.2) is 11.7 Å². The van der Waals surface area contributed by atoms with Gasteiger partial charge in [0.15, 0.2) is 5.84 Å². The van der Waals surface area contributed by atoms with Crippen LogP contribution in [0.3, 0.4) is 0 Å². The van der Waals surface area contributed by atoms with Crippen molar-refractivity contribution < 1.29 is 0 Å². The van der Waals surface area contributed by atoms with Crippen LogP contribution in [0.1, 0.15) is 94.7 Å². The monoisotopic (exact) mass is 956 g/mol. The highest BCUT2D eigenvalue weighted by Crippen LogP contribution is 2.42. The minimum absolute atomic E-state index is 0.358. The predicted octanol–water partition coefficient (Wildman–Crippen LogP) is 17.7. The van der Waals surface area contributed by atoms with E-state index in [-0.39, 0.29) is 0 Å². The van der Waals surface area contributed by atoms with Crippen LogP contribution in [-0.2, 0) is 6.42 Å². The van der Waals surface area contributed by atoms with Gasteiger partial charge in [-0.25, -0.2) is 9.98 Å². The van der Waals surface area contributed by atoms with Crippen molar-refractivity contribution in [1.82, 2.24) is 0 Å². The Kier molecular flexibility index (Phi) is 15.5. The molecule has 0 radical (unpaired) electrons. The average molecular weight is 956 g/mol. The summed E-state index contributed by atoms with van der Waals surface area (Å²) in [5, 5.41) is 0. The third-order valence-electron chi connectivity index (χ3n) is 14.6. The van der Waals surface area contributed by atoms with E-state index in [1.54, 1.807) is 0 Å². The van der Waals surface area contributed by atoms with E-state index in [1.165, 1.54) is 57.4 Å². The number of benzene rings is 8. The number of amidine groups is 2. The van der Waals surface area contributed by atoms with Crippen molar-refractivity contribution in [3.8, 4) is 0 Å². The Balaban J connectivity index is 1.03. The zero-order chi connectivity index (χ0) is 51.0. The standard InChI is InChI=1S/C68H69N5/c1-46-9-23-56(24-10-46)66(65-43-19-51(6)45-52(65)7)44-22-54-20-25-55(26-21-54)53(8)70-68(58-29-41-64(42-30-58)73(61-35-15-49(4)16-36-61)62-37-17-50(5)18-38-62)71-67(69)57-27-39-63(40-28-57)72(59-31-11-47(2)12-32-59)60-33-13-48(3)14-34-60/h9-18,20-21,23-42,45,52,65-66H,8,19,22,43-44H2,1-7H3,(H2,69,70,71). The average Bonchev–Trinajstić information content (AvgIpc) is 3.40. The summed E-state index contributed by atoms with van der Waals surface area (Å²) in [6.45, 7) is 19.8. The summed E-state index contributed by atoms with van der Waals surface area (Å²) in [6, 6.07) is 69.2. The van der Waals surface area contributed by atoms with Gasteiger partial charge in [0.2, 0.25) is 0 Å². The highest BCUT2D eigenvalue weighted by Gasteiger charge is 2.29. The molecule has 3 atom stereocenters. The zero-order valence-corrected chi connectivity index (χ0v) is 43.7. The molecule has 8 aromatic carbocycles. The van der Waals surface area contributed by atoms with E-state index in [4.69, 9.17) is 15.7 Å². The third-order valence-corrected chi connectivity index (χ3v) is 14.6. The molecule has 1 aliphatic carbocycles. The molecule has 0 amide bonds. The first-order chi connectivity index (χ1) is 35.3. The molecule has 2 N–H and O–H groups in total. The molecule has 0 spiro atoms. The highest BCUT2D eigenvalue weighted by molar-refractivity contribution is 6.12. The second-order valence-electron chi connectivity index (χ2n) is 20.3. The SMILES string of the molecule is C=C(/N=C(\N=C(/N)c1ccc(N(c2ccc(C)cc2)c2ccc(C)cc2)cc1)c1ccc(N(c2ccc(C)cc2)c2ccc(C)cc2)cc1)c1ccc(CCC(c2ccc(C)cc2)C2CCC(C)=CC2C)cc1. The minimum atomic E-state index is 0.358. The Hall–Kier alpha value is -8.02. The van der Waals surface area contributed by atoms with Crippen LogP contribution in [0.5, 0.6) is 0 Å². The van der Waals surface area contributed by atoms with Gasteiger partial charge in [-0.15, -0.1) is 0 Å². The van der Waals surface area contributed by atoms with Gasteiger partial charge in [0.1, 0.15) is 5.84 Å². The molecule has 0 saturated carbocycles. The molecule has 5 heteroatoms.